The van der Waals surface area contributed by atoms with Gasteiger partial charge in [-0.1, -0.05) is 20.8 Å². The Morgan fingerprint density at radius 3 is 2.54 bits per heavy atom. The minimum Gasteiger partial charge on any atom is -0.350 e. The molecule has 0 radical (unpaired) electrons. The second kappa shape index (κ2) is 7.35. The second-order valence-electron chi connectivity index (χ2n) is 9.01. The molecule has 26 heavy (non-hydrogen) atoms. The molecule has 148 valence electrons. The van der Waals surface area contributed by atoms with Crippen LogP contribution in [-0.4, -0.2) is 47.4 Å². The van der Waals surface area contributed by atoms with Crippen molar-refractivity contribution in [3.8, 4) is 0 Å². The van der Waals surface area contributed by atoms with Gasteiger partial charge in [-0.05, 0) is 49.4 Å². The number of hydrogen-bond donors (Lipinski definition) is 3. The first-order valence-electron chi connectivity index (χ1n) is 9.29. The van der Waals surface area contributed by atoms with Gasteiger partial charge in [-0.25, -0.2) is 4.79 Å². The summed E-state index contributed by atoms with van der Waals surface area (Å²) in [6.07, 6.45) is 4.41. The first-order chi connectivity index (χ1) is 11.7. The fourth-order valence-electron chi connectivity index (χ4n) is 4.91. The number of urea groups is 1. The third-order valence-electron chi connectivity index (χ3n) is 5.72. The maximum Gasteiger partial charge on any atom is 0.325 e. The molecule has 1 saturated heterocycles. The quantitative estimate of drug-likeness (QED) is 0.621. The van der Waals surface area contributed by atoms with Crippen LogP contribution in [0.2, 0.25) is 0 Å². The number of nitrogens with two attached hydrogens (primary N) is 1. The van der Waals surface area contributed by atoms with Crippen molar-refractivity contribution in [3.63, 3.8) is 0 Å². The van der Waals surface area contributed by atoms with E-state index in [1.54, 1.807) is 0 Å². The van der Waals surface area contributed by atoms with Gasteiger partial charge in [0.1, 0.15) is 12.1 Å². The molecule has 0 aromatic heterocycles. The largest absolute Gasteiger partial charge is 0.350 e. The fraction of sp³-hybridized carbons (Fsp3) is 0.833. The zero-order valence-corrected chi connectivity index (χ0v) is 16.7. The third kappa shape index (κ3) is 4.14. The Hall–Kier alpha value is -1.34. The number of amides is 4. The van der Waals surface area contributed by atoms with Crippen molar-refractivity contribution < 1.29 is 14.4 Å². The number of rotatable bonds is 5. The summed E-state index contributed by atoms with van der Waals surface area (Å²) < 4.78 is 0. The predicted molar refractivity (Wildman–Crippen MR) is 101 cm³/mol. The number of carbonyl (C=O) groups excluding carboxylic acids is 3. The van der Waals surface area contributed by atoms with Crippen LogP contribution in [0.25, 0.3) is 0 Å². The molecule has 7 nitrogen and oxygen atoms in total. The molecule has 3 atom stereocenters. The van der Waals surface area contributed by atoms with Crippen molar-refractivity contribution in [1.29, 1.82) is 0 Å². The van der Waals surface area contributed by atoms with Gasteiger partial charge in [0.25, 0.3) is 5.91 Å². The summed E-state index contributed by atoms with van der Waals surface area (Å²) in [6, 6.07) is -0.517. The molecule has 3 unspecified atom stereocenters. The third-order valence-corrected chi connectivity index (χ3v) is 5.72. The van der Waals surface area contributed by atoms with Crippen LogP contribution >= 0.6 is 12.4 Å². The highest BCUT2D eigenvalue weighted by molar-refractivity contribution is 6.09. The van der Waals surface area contributed by atoms with E-state index in [2.05, 4.69) is 31.4 Å². The van der Waals surface area contributed by atoms with Crippen LogP contribution < -0.4 is 16.4 Å². The lowest BCUT2D eigenvalue weighted by atomic mass is 9.64. The second-order valence-corrected chi connectivity index (χ2v) is 9.01. The molecule has 3 rings (SSSR count). The zero-order valence-electron chi connectivity index (χ0n) is 15.8. The van der Waals surface area contributed by atoms with Gasteiger partial charge in [-0.2, -0.15) is 0 Å². The lowest BCUT2D eigenvalue weighted by Gasteiger charge is -2.43. The number of imide groups is 1. The standard InChI is InChI=1S/C18H30N4O3.ClH/c1-11-6-17(2,3)10-18(7-11)15(24)22(16(25)21-18)9-14(23)20-13(8-19)12-4-5-12;/h11-13H,4-10,19H2,1-3H3,(H,20,23)(H,21,25);1H. The number of nitrogens with one attached hydrogen (secondary N) is 2. The number of nitrogens with zero attached hydrogens (tertiary/aromatic N) is 1. The molecule has 8 heteroatoms. The van der Waals surface area contributed by atoms with E-state index in [0.717, 1.165) is 24.2 Å². The normalized spacial score (nSPS) is 31.4. The van der Waals surface area contributed by atoms with Gasteiger partial charge in [0.2, 0.25) is 5.91 Å². The van der Waals surface area contributed by atoms with E-state index in [-0.39, 0.29) is 42.2 Å². The first kappa shape index (κ1) is 21.0. The summed E-state index contributed by atoms with van der Waals surface area (Å²) in [5, 5.41) is 5.77. The highest BCUT2D eigenvalue weighted by atomic mass is 35.5. The molecule has 0 bridgehead atoms. The van der Waals surface area contributed by atoms with Crippen LogP contribution in [-0.2, 0) is 9.59 Å². The molecule has 1 heterocycles. The fourth-order valence-corrected chi connectivity index (χ4v) is 4.91. The molecule has 3 fully saturated rings. The molecule has 4 N–H and O–H groups in total. The van der Waals surface area contributed by atoms with Crippen molar-refractivity contribution in [2.24, 2.45) is 23.0 Å². The SMILES string of the molecule is CC1CC(C)(C)CC2(C1)NC(=O)N(CC(=O)NC(CN)C1CC1)C2=O.Cl. The van der Waals surface area contributed by atoms with Gasteiger partial charge < -0.3 is 16.4 Å². The lowest BCUT2D eigenvalue weighted by molar-refractivity contribution is -0.137. The van der Waals surface area contributed by atoms with E-state index >= 15 is 0 Å². The molecule has 3 aliphatic rings. The van der Waals surface area contributed by atoms with Gasteiger partial charge >= 0.3 is 6.03 Å². The Morgan fingerprint density at radius 2 is 2.00 bits per heavy atom. The summed E-state index contributed by atoms with van der Waals surface area (Å²) in [4.78, 5) is 38.8. The van der Waals surface area contributed by atoms with Crippen LogP contribution in [0, 0.1) is 17.3 Å². The van der Waals surface area contributed by atoms with Crippen LogP contribution in [0.3, 0.4) is 0 Å². The topological polar surface area (TPSA) is 105 Å². The summed E-state index contributed by atoms with van der Waals surface area (Å²) in [5.41, 5.74) is 4.83. The maximum atomic E-state index is 13.0. The smallest absolute Gasteiger partial charge is 0.325 e. The lowest BCUT2D eigenvalue weighted by Crippen LogP contribution is -2.54. The summed E-state index contributed by atoms with van der Waals surface area (Å²) in [5.74, 6) is 0.204. The Balaban J connectivity index is 0.00000243. The van der Waals surface area contributed by atoms with Gasteiger partial charge in [0.15, 0.2) is 0 Å². The zero-order chi connectivity index (χ0) is 18.4. The molecule has 2 saturated carbocycles. The molecule has 4 amide bonds. The Kier molecular flexibility index (Phi) is 5.93. The Morgan fingerprint density at radius 1 is 1.35 bits per heavy atom. The monoisotopic (exact) mass is 386 g/mol. The van der Waals surface area contributed by atoms with Gasteiger partial charge in [0, 0.05) is 12.6 Å². The van der Waals surface area contributed by atoms with E-state index in [1.165, 1.54) is 0 Å². The van der Waals surface area contributed by atoms with Crippen LogP contribution in [0.15, 0.2) is 0 Å². The average Bonchev–Trinajstić information content (AvgIpc) is 3.28. The summed E-state index contributed by atoms with van der Waals surface area (Å²) in [6.45, 7) is 6.51. The predicted octanol–water partition coefficient (Wildman–Crippen LogP) is 1.40. The average molecular weight is 387 g/mol. The first-order valence-corrected chi connectivity index (χ1v) is 9.29. The van der Waals surface area contributed by atoms with Crippen molar-refractivity contribution in [1.82, 2.24) is 15.5 Å². The summed E-state index contributed by atoms with van der Waals surface area (Å²) in [7, 11) is 0. The maximum absolute atomic E-state index is 13.0. The van der Waals surface area contributed by atoms with Crippen molar-refractivity contribution in [2.45, 2.75) is 64.5 Å². The highest BCUT2D eigenvalue weighted by Gasteiger charge is 2.56. The number of hydrogen-bond acceptors (Lipinski definition) is 4. The molecular formula is C18H31ClN4O3. The van der Waals surface area contributed by atoms with E-state index in [0.29, 0.717) is 31.2 Å². The van der Waals surface area contributed by atoms with Crippen molar-refractivity contribution >= 4 is 30.3 Å². The van der Waals surface area contributed by atoms with Gasteiger partial charge in [0.05, 0.1) is 0 Å². The van der Waals surface area contributed by atoms with Crippen LogP contribution in [0.1, 0.15) is 52.9 Å². The van der Waals surface area contributed by atoms with Gasteiger partial charge in [-0.3, -0.25) is 14.5 Å². The van der Waals surface area contributed by atoms with Gasteiger partial charge in [-0.15, -0.1) is 12.4 Å². The highest BCUT2D eigenvalue weighted by Crippen LogP contribution is 2.46. The molecule has 0 aromatic carbocycles. The minimum absolute atomic E-state index is 0. The molecule has 0 aromatic rings. The van der Waals surface area contributed by atoms with E-state index in [1.807, 2.05) is 0 Å². The Bertz CT molecular complexity index is 593. The van der Waals surface area contributed by atoms with E-state index < -0.39 is 11.6 Å². The number of halogens is 1. The van der Waals surface area contributed by atoms with Crippen LogP contribution in [0.4, 0.5) is 4.79 Å². The van der Waals surface area contributed by atoms with Crippen molar-refractivity contribution in [3.05, 3.63) is 0 Å². The number of carbonyl (C=O) groups is 3. The minimum atomic E-state index is -0.859. The van der Waals surface area contributed by atoms with Crippen LogP contribution in [0.5, 0.6) is 0 Å². The molecule has 2 aliphatic carbocycles. The molecule has 1 aliphatic heterocycles. The molecule has 1 spiro atoms. The van der Waals surface area contributed by atoms with E-state index in [4.69, 9.17) is 5.73 Å². The van der Waals surface area contributed by atoms with E-state index in [9.17, 15) is 14.4 Å². The Labute approximate surface area is 161 Å². The molecular weight excluding hydrogens is 356 g/mol. The van der Waals surface area contributed by atoms with Crippen molar-refractivity contribution in [2.75, 3.05) is 13.1 Å². The summed E-state index contributed by atoms with van der Waals surface area (Å²) >= 11 is 0.